The van der Waals surface area contributed by atoms with Gasteiger partial charge in [-0.3, -0.25) is 4.98 Å². The zero-order valence-electron chi connectivity index (χ0n) is 14.2. The van der Waals surface area contributed by atoms with E-state index in [1.165, 1.54) is 0 Å². The Morgan fingerprint density at radius 3 is 2.20 bits per heavy atom. The number of anilines is 2. The fourth-order valence-electron chi connectivity index (χ4n) is 3.09. The lowest BCUT2D eigenvalue weighted by Gasteiger charge is -2.36. The maximum Gasteiger partial charge on any atom is 0.132 e. The molecule has 4 heterocycles. The predicted molar refractivity (Wildman–Crippen MR) is 98.7 cm³/mol. The van der Waals surface area contributed by atoms with Crippen molar-refractivity contribution < 1.29 is 0 Å². The predicted octanol–water partition coefficient (Wildman–Crippen LogP) is 2.57. The van der Waals surface area contributed by atoms with Crippen LogP contribution in [0.5, 0.6) is 0 Å². The molecule has 0 spiro atoms. The van der Waals surface area contributed by atoms with Gasteiger partial charge >= 0.3 is 0 Å². The van der Waals surface area contributed by atoms with Crippen LogP contribution in [0.15, 0.2) is 55.0 Å². The molecule has 0 aromatic carbocycles. The van der Waals surface area contributed by atoms with Crippen LogP contribution in [0.2, 0.25) is 0 Å². The van der Waals surface area contributed by atoms with Crippen molar-refractivity contribution in [3.8, 4) is 11.3 Å². The molecule has 1 aliphatic rings. The van der Waals surface area contributed by atoms with Gasteiger partial charge in [-0.05, 0) is 31.2 Å². The third-order valence-corrected chi connectivity index (χ3v) is 4.38. The molecule has 0 aliphatic carbocycles. The number of piperazine rings is 1. The van der Waals surface area contributed by atoms with Crippen LogP contribution in [0, 0.1) is 6.92 Å². The van der Waals surface area contributed by atoms with E-state index in [0.29, 0.717) is 0 Å². The molecular formula is C19H20N6. The molecule has 0 bridgehead atoms. The zero-order valence-corrected chi connectivity index (χ0v) is 14.2. The lowest BCUT2D eigenvalue weighted by molar-refractivity contribution is 0.640. The van der Waals surface area contributed by atoms with Crippen molar-refractivity contribution in [3.63, 3.8) is 0 Å². The van der Waals surface area contributed by atoms with Crippen molar-refractivity contribution in [2.75, 3.05) is 36.0 Å². The van der Waals surface area contributed by atoms with Gasteiger partial charge in [-0.25, -0.2) is 15.0 Å². The third-order valence-electron chi connectivity index (χ3n) is 4.38. The summed E-state index contributed by atoms with van der Waals surface area (Å²) < 4.78 is 0. The van der Waals surface area contributed by atoms with Gasteiger partial charge in [-0.1, -0.05) is 6.07 Å². The highest BCUT2D eigenvalue weighted by atomic mass is 15.3. The van der Waals surface area contributed by atoms with E-state index in [1.807, 2.05) is 37.4 Å². The van der Waals surface area contributed by atoms with Crippen molar-refractivity contribution in [3.05, 3.63) is 60.8 Å². The Bertz CT molecular complexity index is 829. The molecule has 0 radical (unpaired) electrons. The van der Waals surface area contributed by atoms with Gasteiger partial charge in [-0.2, -0.15) is 0 Å². The number of hydrogen-bond acceptors (Lipinski definition) is 6. The number of nitrogens with zero attached hydrogens (tertiary/aromatic N) is 6. The van der Waals surface area contributed by atoms with Crippen molar-refractivity contribution in [1.82, 2.24) is 19.9 Å². The lowest BCUT2D eigenvalue weighted by Crippen LogP contribution is -2.47. The van der Waals surface area contributed by atoms with Crippen LogP contribution in [0.4, 0.5) is 11.6 Å². The Kier molecular flexibility index (Phi) is 4.24. The maximum atomic E-state index is 4.65. The van der Waals surface area contributed by atoms with Crippen LogP contribution in [-0.4, -0.2) is 46.1 Å². The normalized spacial score (nSPS) is 14.6. The number of pyridine rings is 2. The molecule has 0 atom stereocenters. The summed E-state index contributed by atoms with van der Waals surface area (Å²) in [5, 5.41) is 0. The Labute approximate surface area is 147 Å². The molecule has 25 heavy (non-hydrogen) atoms. The van der Waals surface area contributed by atoms with E-state index in [9.17, 15) is 0 Å². The van der Waals surface area contributed by atoms with Gasteiger partial charge in [0.25, 0.3) is 0 Å². The summed E-state index contributed by atoms with van der Waals surface area (Å²) in [5.41, 5.74) is 2.01. The number of hydrogen-bond donors (Lipinski definition) is 0. The highest BCUT2D eigenvalue weighted by Gasteiger charge is 2.20. The molecule has 1 aliphatic heterocycles. The van der Waals surface area contributed by atoms with E-state index in [0.717, 1.165) is 54.9 Å². The minimum absolute atomic E-state index is 0.788. The summed E-state index contributed by atoms with van der Waals surface area (Å²) in [6.45, 7) is 5.65. The summed E-state index contributed by atoms with van der Waals surface area (Å²) in [6, 6.07) is 12.1. The number of aromatic nitrogens is 4. The lowest BCUT2D eigenvalue weighted by atomic mass is 10.2. The van der Waals surface area contributed by atoms with Crippen LogP contribution >= 0.6 is 0 Å². The first-order chi connectivity index (χ1) is 12.3. The van der Waals surface area contributed by atoms with Gasteiger partial charge in [0, 0.05) is 56.4 Å². The molecule has 126 valence electrons. The largest absolute Gasteiger partial charge is 0.353 e. The van der Waals surface area contributed by atoms with Crippen molar-refractivity contribution in [2.45, 2.75) is 6.92 Å². The highest BCUT2D eigenvalue weighted by Crippen LogP contribution is 2.23. The standard InChI is InChI=1S/C19H20N6/c1-15-22-17(16-5-8-20-9-6-16)14-19(23-15)25-12-10-24(11-13-25)18-4-2-3-7-21-18/h2-9,14H,10-13H2,1H3. The molecule has 3 aromatic rings. The molecule has 6 nitrogen and oxygen atoms in total. The highest BCUT2D eigenvalue weighted by molar-refractivity contribution is 5.62. The molecular weight excluding hydrogens is 312 g/mol. The van der Waals surface area contributed by atoms with Gasteiger partial charge in [0.1, 0.15) is 17.5 Å². The second-order valence-electron chi connectivity index (χ2n) is 6.06. The SMILES string of the molecule is Cc1nc(-c2ccncc2)cc(N2CCN(c3ccccn3)CC2)n1. The summed E-state index contributed by atoms with van der Waals surface area (Å²) in [6.07, 6.45) is 5.42. The summed E-state index contributed by atoms with van der Waals surface area (Å²) in [5.74, 6) is 2.81. The number of aryl methyl sites for hydroxylation is 1. The smallest absolute Gasteiger partial charge is 0.132 e. The van der Waals surface area contributed by atoms with E-state index in [1.54, 1.807) is 12.4 Å². The fraction of sp³-hybridized carbons (Fsp3) is 0.263. The Balaban J connectivity index is 1.52. The third kappa shape index (κ3) is 3.42. The quantitative estimate of drug-likeness (QED) is 0.735. The maximum absolute atomic E-state index is 4.65. The summed E-state index contributed by atoms with van der Waals surface area (Å²) >= 11 is 0. The monoisotopic (exact) mass is 332 g/mol. The average molecular weight is 332 g/mol. The first-order valence-electron chi connectivity index (χ1n) is 8.46. The molecule has 6 heteroatoms. The molecule has 1 fully saturated rings. The summed E-state index contributed by atoms with van der Waals surface area (Å²) in [4.78, 5) is 22.4. The minimum atomic E-state index is 0.788. The van der Waals surface area contributed by atoms with E-state index >= 15 is 0 Å². The van der Waals surface area contributed by atoms with Gasteiger partial charge in [0.05, 0.1) is 5.69 Å². The first kappa shape index (κ1) is 15.5. The topological polar surface area (TPSA) is 58.0 Å². The second kappa shape index (κ2) is 6.84. The van der Waals surface area contributed by atoms with Crippen LogP contribution in [0.3, 0.4) is 0 Å². The molecule has 0 unspecified atom stereocenters. The first-order valence-corrected chi connectivity index (χ1v) is 8.46. The van der Waals surface area contributed by atoms with Gasteiger partial charge in [-0.15, -0.1) is 0 Å². The summed E-state index contributed by atoms with van der Waals surface area (Å²) in [7, 11) is 0. The fourth-order valence-corrected chi connectivity index (χ4v) is 3.09. The van der Waals surface area contributed by atoms with E-state index in [-0.39, 0.29) is 0 Å². The van der Waals surface area contributed by atoms with E-state index in [4.69, 9.17) is 0 Å². The van der Waals surface area contributed by atoms with Crippen molar-refractivity contribution in [1.29, 1.82) is 0 Å². The molecule has 0 saturated carbocycles. The van der Waals surface area contributed by atoms with Gasteiger partial charge < -0.3 is 9.80 Å². The second-order valence-corrected chi connectivity index (χ2v) is 6.06. The van der Waals surface area contributed by atoms with Crippen molar-refractivity contribution in [2.24, 2.45) is 0 Å². The van der Waals surface area contributed by atoms with Crippen LogP contribution in [-0.2, 0) is 0 Å². The number of rotatable bonds is 3. The Morgan fingerprint density at radius 2 is 1.52 bits per heavy atom. The molecule has 0 N–H and O–H groups in total. The molecule has 3 aromatic heterocycles. The average Bonchev–Trinajstić information content (AvgIpc) is 2.69. The van der Waals surface area contributed by atoms with Crippen LogP contribution in [0.25, 0.3) is 11.3 Å². The zero-order chi connectivity index (χ0) is 17.1. The van der Waals surface area contributed by atoms with Gasteiger partial charge in [0.2, 0.25) is 0 Å². The van der Waals surface area contributed by atoms with Crippen LogP contribution in [0.1, 0.15) is 5.82 Å². The molecule has 4 rings (SSSR count). The molecule has 1 saturated heterocycles. The van der Waals surface area contributed by atoms with Gasteiger partial charge in [0.15, 0.2) is 0 Å². The van der Waals surface area contributed by atoms with E-state index < -0.39 is 0 Å². The van der Waals surface area contributed by atoms with Crippen LogP contribution < -0.4 is 9.80 Å². The Hall–Kier alpha value is -3.02. The van der Waals surface area contributed by atoms with Crippen molar-refractivity contribution >= 4 is 11.6 Å². The van der Waals surface area contributed by atoms with E-state index in [2.05, 4.69) is 41.9 Å². The molecule has 0 amide bonds. The Morgan fingerprint density at radius 1 is 0.800 bits per heavy atom. The minimum Gasteiger partial charge on any atom is -0.353 e.